The van der Waals surface area contributed by atoms with Gasteiger partial charge < -0.3 is 0 Å². The second-order valence-electron chi connectivity index (χ2n) is 8.99. The molecule has 32 heavy (non-hydrogen) atoms. The Bertz CT molecular complexity index is 1480. The summed E-state index contributed by atoms with van der Waals surface area (Å²) < 4.78 is 0. The quantitative estimate of drug-likeness (QED) is 0.259. The summed E-state index contributed by atoms with van der Waals surface area (Å²) in [5.41, 5.74) is 14.7. The van der Waals surface area contributed by atoms with Crippen molar-refractivity contribution in [3.63, 3.8) is 0 Å². The maximum Gasteiger partial charge on any atom is 0.0731 e. The van der Waals surface area contributed by atoms with Gasteiger partial charge in [-0.05, 0) is 68.1 Å². The molecule has 150 valence electrons. The highest BCUT2D eigenvalue weighted by Gasteiger charge is 2.52. The maximum atomic E-state index is 2.39. The Morgan fingerprint density at radius 1 is 0.438 bits per heavy atom. The second kappa shape index (κ2) is 6.31. The largest absolute Gasteiger partial charge is 0.0731 e. The molecule has 0 saturated heterocycles. The van der Waals surface area contributed by atoms with Crippen molar-refractivity contribution in [3.05, 3.63) is 143 Å². The standard InChI is InChI=1S/C32H22/c1-21-19-26(22-11-3-2-4-12-22)31-27(20-21)25-15-7-10-18-30(25)32(31)28-16-8-5-13-23(28)24-14-6-9-17-29(24)32/h2-20H,1H3. The Labute approximate surface area is 188 Å². The third-order valence-corrected chi connectivity index (χ3v) is 7.32. The topological polar surface area (TPSA) is 0 Å². The molecule has 0 bridgehead atoms. The third kappa shape index (κ3) is 2.07. The minimum Gasteiger partial charge on any atom is -0.0622 e. The predicted octanol–water partition coefficient (Wildman–Crippen LogP) is 8.01. The summed E-state index contributed by atoms with van der Waals surface area (Å²) in [7, 11) is 0. The lowest BCUT2D eigenvalue weighted by Crippen LogP contribution is -2.26. The normalized spacial score (nSPS) is 14.0. The first-order valence-corrected chi connectivity index (χ1v) is 11.3. The fraction of sp³-hybridized carbons (Fsp3) is 0.0625. The van der Waals surface area contributed by atoms with E-state index in [0.29, 0.717) is 0 Å². The van der Waals surface area contributed by atoms with Gasteiger partial charge in [-0.15, -0.1) is 0 Å². The molecule has 0 unspecified atom stereocenters. The summed E-state index contributed by atoms with van der Waals surface area (Å²) in [4.78, 5) is 0. The van der Waals surface area contributed by atoms with Gasteiger partial charge in [-0.25, -0.2) is 0 Å². The van der Waals surface area contributed by atoms with E-state index in [1.807, 2.05) is 0 Å². The zero-order valence-electron chi connectivity index (χ0n) is 18.0. The van der Waals surface area contributed by atoms with E-state index in [2.05, 4.69) is 122 Å². The third-order valence-electron chi connectivity index (χ3n) is 7.32. The van der Waals surface area contributed by atoms with E-state index in [-0.39, 0.29) is 5.41 Å². The van der Waals surface area contributed by atoms with Crippen LogP contribution in [0.4, 0.5) is 0 Å². The van der Waals surface area contributed by atoms with E-state index in [1.165, 1.54) is 61.2 Å². The van der Waals surface area contributed by atoms with Crippen molar-refractivity contribution < 1.29 is 0 Å². The van der Waals surface area contributed by atoms with Crippen LogP contribution in [0.1, 0.15) is 27.8 Å². The zero-order chi connectivity index (χ0) is 21.3. The molecule has 0 aromatic heterocycles. The molecule has 0 N–H and O–H groups in total. The van der Waals surface area contributed by atoms with Crippen LogP contribution in [-0.2, 0) is 5.41 Å². The van der Waals surface area contributed by atoms with Crippen molar-refractivity contribution in [3.8, 4) is 33.4 Å². The van der Waals surface area contributed by atoms with Gasteiger partial charge in [0.25, 0.3) is 0 Å². The van der Waals surface area contributed by atoms with Crippen molar-refractivity contribution in [1.82, 2.24) is 0 Å². The van der Waals surface area contributed by atoms with E-state index < -0.39 is 0 Å². The van der Waals surface area contributed by atoms with Gasteiger partial charge in [0, 0.05) is 0 Å². The molecule has 0 aliphatic heterocycles. The van der Waals surface area contributed by atoms with Crippen LogP contribution in [0.25, 0.3) is 33.4 Å². The van der Waals surface area contributed by atoms with Gasteiger partial charge in [-0.2, -0.15) is 0 Å². The van der Waals surface area contributed by atoms with E-state index >= 15 is 0 Å². The number of benzene rings is 5. The minimum atomic E-state index is -0.294. The lowest BCUT2D eigenvalue weighted by Gasteiger charge is -2.32. The van der Waals surface area contributed by atoms with Gasteiger partial charge in [0.05, 0.1) is 5.41 Å². The molecule has 0 amide bonds. The molecular formula is C32H22. The van der Waals surface area contributed by atoms with Gasteiger partial charge in [0.15, 0.2) is 0 Å². The van der Waals surface area contributed by atoms with Gasteiger partial charge in [0.1, 0.15) is 0 Å². The van der Waals surface area contributed by atoms with Crippen LogP contribution in [0.5, 0.6) is 0 Å². The fourth-order valence-electron chi connectivity index (χ4n) is 6.22. The van der Waals surface area contributed by atoms with E-state index in [1.54, 1.807) is 0 Å². The summed E-state index contributed by atoms with van der Waals surface area (Å²) >= 11 is 0. The maximum absolute atomic E-state index is 2.39. The molecule has 1 spiro atoms. The average molecular weight is 407 g/mol. The number of hydrogen-bond acceptors (Lipinski definition) is 0. The summed E-state index contributed by atoms with van der Waals surface area (Å²) in [5, 5.41) is 0. The Morgan fingerprint density at radius 2 is 0.875 bits per heavy atom. The molecule has 5 aromatic rings. The van der Waals surface area contributed by atoms with Crippen molar-refractivity contribution in [2.24, 2.45) is 0 Å². The van der Waals surface area contributed by atoms with Gasteiger partial charge in [0.2, 0.25) is 0 Å². The van der Waals surface area contributed by atoms with Crippen LogP contribution < -0.4 is 0 Å². The van der Waals surface area contributed by atoms with Gasteiger partial charge in [-0.1, -0.05) is 115 Å². The number of aryl methyl sites for hydroxylation is 1. The molecule has 7 rings (SSSR count). The van der Waals surface area contributed by atoms with Crippen LogP contribution >= 0.6 is 0 Å². The predicted molar refractivity (Wildman–Crippen MR) is 133 cm³/mol. The summed E-state index contributed by atoms with van der Waals surface area (Å²) in [6, 6.07) is 42.7. The van der Waals surface area contributed by atoms with E-state index in [4.69, 9.17) is 0 Å². The van der Waals surface area contributed by atoms with Crippen molar-refractivity contribution in [2.45, 2.75) is 12.3 Å². The summed E-state index contributed by atoms with van der Waals surface area (Å²) in [6.45, 7) is 2.22. The number of rotatable bonds is 1. The van der Waals surface area contributed by atoms with Crippen LogP contribution in [-0.4, -0.2) is 0 Å². The average Bonchev–Trinajstić information content (AvgIpc) is 3.31. The molecule has 0 saturated carbocycles. The lowest BCUT2D eigenvalue weighted by molar-refractivity contribution is 0.795. The molecule has 0 heteroatoms. The molecule has 0 atom stereocenters. The Hall–Kier alpha value is -3.90. The molecular weight excluding hydrogens is 384 g/mol. The first-order chi connectivity index (χ1) is 15.8. The highest BCUT2D eigenvalue weighted by molar-refractivity contribution is 5.98. The monoisotopic (exact) mass is 406 g/mol. The molecule has 0 radical (unpaired) electrons. The highest BCUT2D eigenvalue weighted by Crippen LogP contribution is 2.64. The van der Waals surface area contributed by atoms with Crippen molar-refractivity contribution >= 4 is 0 Å². The molecule has 0 fully saturated rings. The van der Waals surface area contributed by atoms with Crippen LogP contribution in [0, 0.1) is 6.92 Å². The van der Waals surface area contributed by atoms with Crippen molar-refractivity contribution in [1.29, 1.82) is 0 Å². The Kier molecular flexibility index (Phi) is 3.50. The zero-order valence-corrected chi connectivity index (χ0v) is 18.0. The number of hydrogen-bond donors (Lipinski definition) is 0. The SMILES string of the molecule is Cc1cc(-c2ccccc2)c2c(c1)-c1ccccc1C21c2ccccc2-c2ccccc21. The van der Waals surface area contributed by atoms with Crippen LogP contribution in [0.2, 0.25) is 0 Å². The van der Waals surface area contributed by atoms with Crippen LogP contribution in [0.15, 0.2) is 115 Å². The van der Waals surface area contributed by atoms with Crippen molar-refractivity contribution in [2.75, 3.05) is 0 Å². The first-order valence-electron chi connectivity index (χ1n) is 11.3. The molecule has 2 aliphatic carbocycles. The molecule has 0 nitrogen and oxygen atoms in total. The summed E-state index contributed by atoms with van der Waals surface area (Å²) in [6.07, 6.45) is 0. The molecule has 0 heterocycles. The summed E-state index contributed by atoms with van der Waals surface area (Å²) in [5.74, 6) is 0. The lowest BCUT2D eigenvalue weighted by atomic mass is 9.68. The van der Waals surface area contributed by atoms with Crippen LogP contribution in [0.3, 0.4) is 0 Å². The van der Waals surface area contributed by atoms with E-state index in [0.717, 1.165) is 0 Å². The second-order valence-corrected chi connectivity index (χ2v) is 8.99. The molecule has 5 aromatic carbocycles. The Morgan fingerprint density at radius 3 is 1.44 bits per heavy atom. The number of fused-ring (bicyclic) bond motifs is 10. The smallest absolute Gasteiger partial charge is 0.0622 e. The minimum absolute atomic E-state index is 0.294. The first kappa shape index (κ1) is 17.7. The molecule has 2 aliphatic rings. The van der Waals surface area contributed by atoms with E-state index in [9.17, 15) is 0 Å². The fourth-order valence-corrected chi connectivity index (χ4v) is 6.22. The Balaban J connectivity index is 1.73. The highest BCUT2D eigenvalue weighted by atomic mass is 14.5. The van der Waals surface area contributed by atoms with Gasteiger partial charge >= 0.3 is 0 Å². The van der Waals surface area contributed by atoms with Gasteiger partial charge in [-0.3, -0.25) is 0 Å².